The van der Waals surface area contributed by atoms with Crippen LogP contribution in [0.3, 0.4) is 0 Å². The molecule has 1 aromatic carbocycles. The van der Waals surface area contributed by atoms with Crippen molar-refractivity contribution >= 4 is 15.9 Å². The highest BCUT2D eigenvalue weighted by Gasteiger charge is 2.28. The van der Waals surface area contributed by atoms with Crippen LogP contribution < -0.4 is 4.72 Å². The van der Waals surface area contributed by atoms with Crippen molar-refractivity contribution in [3.63, 3.8) is 0 Å². The molecule has 1 aromatic rings. The number of benzene rings is 1. The summed E-state index contributed by atoms with van der Waals surface area (Å²) in [6.07, 6.45) is 1.77. The zero-order valence-electron chi connectivity index (χ0n) is 13.6. The number of nitrogens with zero attached hydrogens (tertiary/aromatic N) is 1. The van der Waals surface area contributed by atoms with Crippen LogP contribution in [0.4, 0.5) is 0 Å². The van der Waals surface area contributed by atoms with E-state index >= 15 is 0 Å². The lowest BCUT2D eigenvalue weighted by Gasteiger charge is -2.20. The minimum atomic E-state index is -3.54. The van der Waals surface area contributed by atoms with Crippen molar-refractivity contribution in [3.8, 4) is 0 Å². The van der Waals surface area contributed by atoms with E-state index < -0.39 is 10.0 Å². The number of amides is 1. The lowest BCUT2D eigenvalue weighted by molar-refractivity contribution is 0.0778. The molecule has 5 nitrogen and oxygen atoms in total. The van der Waals surface area contributed by atoms with Gasteiger partial charge in [-0.1, -0.05) is 19.9 Å². The molecule has 0 heterocycles. The van der Waals surface area contributed by atoms with Crippen molar-refractivity contribution in [2.24, 2.45) is 5.92 Å². The van der Waals surface area contributed by atoms with Gasteiger partial charge in [0.05, 0.1) is 4.90 Å². The van der Waals surface area contributed by atoms with Crippen LogP contribution in [0.25, 0.3) is 0 Å². The first-order chi connectivity index (χ1) is 10.2. The van der Waals surface area contributed by atoms with E-state index in [1.807, 2.05) is 20.8 Å². The molecule has 1 N–H and O–H groups in total. The number of carbonyl (C=O) groups is 1. The van der Waals surface area contributed by atoms with E-state index in [2.05, 4.69) is 4.72 Å². The van der Waals surface area contributed by atoms with Crippen molar-refractivity contribution in [3.05, 3.63) is 29.3 Å². The molecule has 0 unspecified atom stereocenters. The van der Waals surface area contributed by atoms with Gasteiger partial charge in [0.15, 0.2) is 0 Å². The van der Waals surface area contributed by atoms with Gasteiger partial charge in [0, 0.05) is 25.2 Å². The third kappa shape index (κ3) is 4.08. The molecule has 0 bridgehead atoms. The summed E-state index contributed by atoms with van der Waals surface area (Å²) in [5.74, 6) is 0.215. The van der Waals surface area contributed by atoms with Crippen LogP contribution in [0.15, 0.2) is 23.1 Å². The Hall–Kier alpha value is -1.40. The first-order valence-corrected chi connectivity index (χ1v) is 9.07. The van der Waals surface area contributed by atoms with Gasteiger partial charge in [-0.25, -0.2) is 13.1 Å². The summed E-state index contributed by atoms with van der Waals surface area (Å²) in [5.41, 5.74) is 1.23. The van der Waals surface area contributed by atoms with Gasteiger partial charge in [0.1, 0.15) is 0 Å². The summed E-state index contributed by atoms with van der Waals surface area (Å²) < 4.78 is 27.2. The predicted molar refractivity (Wildman–Crippen MR) is 86.3 cm³/mol. The Morgan fingerprint density at radius 2 is 2.00 bits per heavy atom. The van der Waals surface area contributed by atoms with Crippen molar-refractivity contribution in [2.45, 2.75) is 44.6 Å². The van der Waals surface area contributed by atoms with E-state index in [9.17, 15) is 13.2 Å². The number of hydrogen-bond acceptors (Lipinski definition) is 3. The van der Waals surface area contributed by atoms with Gasteiger partial charge in [0.25, 0.3) is 5.91 Å². The number of rotatable bonds is 6. The molecule has 0 saturated heterocycles. The minimum Gasteiger partial charge on any atom is -0.341 e. The molecule has 6 heteroatoms. The third-order valence-corrected chi connectivity index (χ3v) is 5.15. The van der Waals surface area contributed by atoms with Crippen LogP contribution in [0.1, 0.15) is 42.6 Å². The summed E-state index contributed by atoms with van der Waals surface area (Å²) in [7, 11) is -1.80. The largest absolute Gasteiger partial charge is 0.341 e. The maximum Gasteiger partial charge on any atom is 0.253 e. The number of nitrogens with one attached hydrogen (secondary N) is 1. The van der Waals surface area contributed by atoms with E-state index in [1.165, 1.54) is 6.07 Å². The summed E-state index contributed by atoms with van der Waals surface area (Å²) >= 11 is 0. The first kappa shape index (κ1) is 17.0. The van der Waals surface area contributed by atoms with Crippen LogP contribution in [0.2, 0.25) is 0 Å². The molecule has 1 fully saturated rings. The molecule has 0 spiro atoms. The maximum atomic E-state index is 12.5. The molecule has 0 radical (unpaired) electrons. The molecular weight excluding hydrogens is 300 g/mol. The lowest BCUT2D eigenvalue weighted by atomic mass is 10.1. The van der Waals surface area contributed by atoms with Crippen LogP contribution in [-0.2, 0) is 10.0 Å². The molecule has 0 atom stereocenters. The fourth-order valence-electron chi connectivity index (χ4n) is 2.32. The van der Waals surface area contributed by atoms with Gasteiger partial charge >= 0.3 is 0 Å². The molecule has 1 amide bonds. The van der Waals surface area contributed by atoms with Crippen molar-refractivity contribution in [1.29, 1.82) is 0 Å². The molecule has 0 aromatic heterocycles. The van der Waals surface area contributed by atoms with Crippen LogP contribution in [-0.4, -0.2) is 38.9 Å². The van der Waals surface area contributed by atoms with Gasteiger partial charge < -0.3 is 4.90 Å². The average molecular weight is 324 g/mol. The number of sulfonamides is 1. The van der Waals surface area contributed by atoms with Crippen LogP contribution >= 0.6 is 0 Å². The summed E-state index contributed by atoms with van der Waals surface area (Å²) in [4.78, 5) is 14.3. The summed E-state index contributed by atoms with van der Waals surface area (Å²) in [5, 5.41) is 0. The SMILES string of the molecule is Cc1ccc(S(=O)(=O)NC2CC2)cc1C(=O)N(C)CC(C)C. The Morgan fingerprint density at radius 3 is 2.55 bits per heavy atom. The van der Waals surface area contributed by atoms with E-state index in [0.717, 1.165) is 18.4 Å². The first-order valence-electron chi connectivity index (χ1n) is 7.59. The third-order valence-electron chi connectivity index (χ3n) is 3.63. The second-order valence-corrected chi connectivity index (χ2v) is 8.17. The van der Waals surface area contributed by atoms with Crippen LogP contribution in [0, 0.1) is 12.8 Å². The monoisotopic (exact) mass is 324 g/mol. The Bertz CT molecular complexity index is 664. The second-order valence-electron chi connectivity index (χ2n) is 6.45. The van der Waals surface area contributed by atoms with Gasteiger partial charge in [-0.3, -0.25) is 4.79 Å². The molecule has 1 aliphatic rings. The number of aryl methyl sites for hydroxylation is 1. The van der Waals surface area contributed by atoms with Crippen molar-refractivity contribution in [1.82, 2.24) is 9.62 Å². The van der Waals surface area contributed by atoms with Gasteiger partial charge in [-0.2, -0.15) is 0 Å². The maximum absolute atomic E-state index is 12.5. The molecular formula is C16H24N2O3S. The lowest BCUT2D eigenvalue weighted by Crippen LogP contribution is -2.31. The quantitative estimate of drug-likeness (QED) is 0.872. The minimum absolute atomic E-state index is 0.0501. The standard InChI is InChI=1S/C16H24N2O3S/c1-11(2)10-18(4)16(19)15-9-14(8-5-12(15)3)22(20,21)17-13-6-7-13/h5,8-9,11,13,17H,6-7,10H2,1-4H3. The molecule has 122 valence electrons. The molecule has 2 rings (SSSR count). The molecule has 22 heavy (non-hydrogen) atoms. The smallest absolute Gasteiger partial charge is 0.253 e. The highest BCUT2D eigenvalue weighted by Crippen LogP contribution is 2.23. The van der Waals surface area contributed by atoms with E-state index in [0.29, 0.717) is 18.0 Å². The zero-order valence-corrected chi connectivity index (χ0v) is 14.4. The molecule has 1 saturated carbocycles. The normalized spacial score (nSPS) is 15.1. The summed E-state index contributed by atoms with van der Waals surface area (Å²) in [6.45, 7) is 6.53. The fraction of sp³-hybridized carbons (Fsp3) is 0.562. The zero-order chi connectivity index (χ0) is 16.5. The topological polar surface area (TPSA) is 66.5 Å². The fourth-order valence-corrected chi connectivity index (χ4v) is 3.65. The highest BCUT2D eigenvalue weighted by molar-refractivity contribution is 7.89. The highest BCUT2D eigenvalue weighted by atomic mass is 32.2. The second kappa shape index (κ2) is 6.38. The van der Waals surface area contributed by atoms with Gasteiger partial charge in [-0.05, 0) is 43.4 Å². The van der Waals surface area contributed by atoms with Crippen molar-refractivity contribution in [2.75, 3.05) is 13.6 Å². The van der Waals surface area contributed by atoms with Gasteiger partial charge in [0.2, 0.25) is 10.0 Å². The average Bonchev–Trinajstić information content (AvgIpc) is 3.20. The number of carbonyl (C=O) groups excluding carboxylic acids is 1. The summed E-state index contributed by atoms with van der Waals surface area (Å²) in [6, 6.07) is 4.78. The van der Waals surface area contributed by atoms with E-state index in [4.69, 9.17) is 0 Å². The van der Waals surface area contributed by atoms with Crippen LogP contribution in [0.5, 0.6) is 0 Å². The van der Waals surface area contributed by atoms with E-state index in [1.54, 1.807) is 24.1 Å². The Balaban J connectivity index is 2.28. The Kier molecular flexibility index (Phi) is 4.92. The molecule has 1 aliphatic carbocycles. The number of hydrogen-bond donors (Lipinski definition) is 1. The Morgan fingerprint density at radius 1 is 1.36 bits per heavy atom. The molecule has 0 aliphatic heterocycles. The Labute approximate surface area is 132 Å². The van der Waals surface area contributed by atoms with Crippen molar-refractivity contribution < 1.29 is 13.2 Å². The predicted octanol–water partition coefficient (Wildman–Crippen LogP) is 2.16. The van der Waals surface area contributed by atoms with E-state index in [-0.39, 0.29) is 16.8 Å². The van der Waals surface area contributed by atoms with Gasteiger partial charge in [-0.15, -0.1) is 0 Å².